The second kappa shape index (κ2) is 4.84. The van der Waals surface area contributed by atoms with E-state index in [1.54, 1.807) is 0 Å². The first kappa shape index (κ1) is 11.4. The van der Waals surface area contributed by atoms with Gasteiger partial charge in [0.05, 0.1) is 0 Å². The van der Waals surface area contributed by atoms with E-state index in [1.807, 2.05) is 0 Å². The summed E-state index contributed by atoms with van der Waals surface area (Å²) in [5.74, 6) is 0. The van der Waals surface area contributed by atoms with Gasteiger partial charge in [0.2, 0.25) is 0 Å². The number of likely N-dealkylation sites (N-methyl/N-ethyl adjacent to an activating group) is 1. The van der Waals surface area contributed by atoms with E-state index in [4.69, 9.17) is 5.73 Å². The third-order valence-electron chi connectivity index (χ3n) is 4.47. The SMILES string of the molecule is CCN1CCCCC1C1(N)CCCCC1. The van der Waals surface area contributed by atoms with Crippen LogP contribution in [0.1, 0.15) is 58.3 Å². The molecule has 0 aromatic heterocycles. The highest BCUT2D eigenvalue weighted by Crippen LogP contribution is 2.35. The van der Waals surface area contributed by atoms with E-state index in [2.05, 4.69) is 11.8 Å². The Balaban J connectivity index is 2.04. The monoisotopic (exact) mass is 210 g/mol. The van der Waals surface area contributed by atoms with Crippen molar-refractivity contribution in [3.63, 3.8) is 0 Å². The molecule has 0 aromatic rings. The third-order valence-corrected chi connectivity index (χ3v) is 4.47. The van der Waals surface area contributed by atoms with Gasteiger partial charge in [0, 0.05) is 11.6 Å². The van der Waals surface area contributed by atoms with Crippen molar-refractivity contribution in [2.45, 2.75) is 69.9 Å². The Kier molecular flexibility index (Phi) is 3.68. The van der Waals surface area contributed by atoms with E-state index >= 15 is 0 Å². The van der Waals surface area contributed by atoms with Gasteiger partial charge in [0.1, 0.15) is 0 Å². The van der Waals surface area contributed by atoms with Crippen molar-refractivity contribution in [1.29, 1.82) is 0 Å². The van der Waals surface area contributed by atoms with Crippen molar-refractivity contribution < 1.29 is 0 Å². The zero-order valence-electron chi connectivity index (χ0n) is 10.2. The van der Waals surface area contributed by atoms with Crippen molar-refractivity contribution in [1.82, 2.24) is 4.90 Å². The van der Waals surface area contributed by atoms with E-state index in [9.17, 15) is 0 Å². The fourth-order valence-corrected chi connectivity index (χ4v) is 3.56. The van der Waals surface area contributed by atoms with Crippen LogP contribution in [-0.2, 0) is 0 Å². The molecule has 1 atom stereocenters. The van der Waals surface area contributed by atoms with Gasteiger partial charge in [-0.3, -0.25) is 4.90 Å². The predicted molar refractivity (Wildman–Crippen MR) is 64.9 cm³/mol. The molecule has 2 nitrogen and oxygen atoms in total. The van der Waals surface area contributed by atoms with Crippen LogP contribution in [0.3, 0.4) is 0 Å². The Hall–Kier alpha value is -0.0800. The third kappa shape index (κ3) is 2.36. The molecule has 1 aliphatic heterocycles. The topological polar surface area (TPSA) is 29.3 Å². The summed E-state index contributed by atoms with van der Waals surface area (Å²) >= 11 is 0. The van der Waals surface area contributed by atoms with Gasteiger partial charge in [-0.15, -0.1) is 0 Å². The summed E-state index contributed by atoms with van der Waals surface area (Å²) in [6.45, 7) is 4.74. The van der Waals surface area contributed by atoms with Crippen molar-refractivity contribution in [3.8, 4) is 0 Å². The maximum Gasteiger partial charge on any atom is 0.0312 e. The summed E-state index contributed by atoms with van der Waals surface area (Å²) in [7, 11) is 0. The van der Waals surface area contributed by atoms with E-state index in [0.717, 1.165) is 0 Å². The van der Waals surface area contributed by atoms with Gasteiger partial charge in [-0.1, -0.05) is 32.6 Å². The van der Waals surface area contributed by atoms with E-state index in [0.29, 0.717) is 6.04 Å². The molecular formula is C13H26N2. The van der Waals surface area contributed by atoms with Crippen LogP contribution >= 0.6 is 0 Å². The molecule has 2 fully saturated rings. The van der Waals surface area contributed by atoms with Crippen LogP contribution in [0.25, 0.3) is 0 Å². The fourth-order valence-electron chi connectivity index (χ4n) is 3.56. The first-order valence-corrected chi connectivity index (χ1v) is 6.79. The van der Waals surface area contributed by atoms with Crippen LogP contribution in [0.15, 0.2) is 0 Å². The molecule has 0 amide bonds. The van der Waals surface area contributed by atoms with Gasteiger partial charge in [-0.2, -0.15) is 0 Å². The first-order valence-electron chi connectivity index (χ1n) is 6.79. The van der Waals surface area contributed by atoms with Gasteiger partial charge in [0.15, 0.2) is 0 Å². The van der Waals surface area contributed by atoms with Crippen molar-refractivity contribution in [2.24, 2.45) is 5.73 Å². The molecule has 2 aliphatic rings. The van der Waals surface area contributed by atoms with Crippen LogP contribution in [-0.4, -0.2) is 29.6 Å². The van der Waals surface area contributed by atoms with Gasteiger partial charge in [-0.05, 0) is 38.8 Å². The van der Waals surface area contributed by atoms with Crippen molar-refractivity contribution >= 4 is 0 Å². The summed E-state index contributed by atoms with van der Waals surface area (Å²) in [5.41, 5.74) is 6.81. The Bertz CT molecular complexity index is 197. The normalized spacial score (nSPS) is 32.8. The fraction of sp³-hybridized carbons (Fsp3) is 1.00. The minimum Gasteiger partial charge on any atom is -0.324 e. The van der Waals surface area contributed by atoms with Crippen LogP contribution in [0.4, 0.5) is 0 Å². The lowest BCUT2D eigenvalue weighted by Crippen LogP contribution is -2.60. The molecule has 0 bridgehead atoms. The Morgan fingerprint density at radius 3 is 2.53 bits per heavy atom. The average Bonchev–Trinajstić information content (AvgIpc) is 2.30. The zero-order chi connectivity index (χ0) is 10.7. The lowest BCUT2D eigenvalue weighted by molar-refractivity contribution is 0.0650. The minimum atomic E-state index is 0.147. The largest absolute Gasteiger partial charge is 0.324 e. The maximum absolute atomic E-state index is 6.66. The van der Waals surface area contributed by atoms with Gasteiger partial charge < -0.3 is 5.73 Å². The summed E-state index contributed by atoms with van der Waals surface area (Å²) in [4.78, 5) is 2.63. The molecule has 1 aliphatic carbocycles. The Labute approximate surface area is 94.2 Å². The second-order valence-corrected chi connectivity index (χ2v) is 5.43. The molecule has 1 heterocycles. The molecule has 0 aromatic carbocycles. The number of hydrogen-bond donors (Lipinski definition) is 1. The lowest BCUT2D eigenvalue weighted by atomic mass is 9.74. The maximum atomic E-state index is 6.66. The van der Waals surface area contributed by atoms with Crippen LogP contribution in [0.5, 0.6) is 0 Å². The van der Waals surface area contributed by atoms with Crippen LogP contribution < -0.4 is 5.73 Å². The number of nitrogens with two attached hydrogens (primary N) is 1. The summed E-state index contributed by atoms with van der Waals surface area (Å²) in [6, 6.07) is 0.677. The minimum absolute atomic E-state index is 0.147. The molecule has 88 valence electrons. The molecular weight excluding hydrogens is 184 g/mol. The molecule has 2 heteroatoms. The zero-order valence-corrected chi connectivity index (χ0v) is 10.2. The molecule has 2 rings (SSSR count). The summed E-state index contributed by atoms with van der Waals surface area (Å²) in [6.07, 6.45) is 10.7. The molecule has 1 saturated heterocycles. The van der Waals surface area contributed by atoms with Gasteiger partial charge in [-0.25, -0.2) is 0 Å². The van der Waals surface area contributed by atoms with Gasteiger partial charge in [0.25, 0.3) is 0 Å². The predicted octanol–water partition coefficient (Wildman–Crippen LogP) is 2.52. The number of hydrogen-bond acceptors (Lipinski definition) is 2. The molecule has 1 unspecified atom stereocenters. The molecule has 15 heavy (non-hydrogen) atoms. The second-order valence-electron chi connectivity index (χ2n) is 5.43. The highest BCUT2D eigenvalue weighted by molar-refractivity contribution is 5.00. The van der Waals surface area contributed by atoms with Gasteiger partial charge >= 0.3 is 0 Å². The summed E-state index contributed by atoms with van der Waals surface area (Å²) < 4.78 is 0. The Morgan fingerprint density at radius 1 is 1.13 bits per heavy atom. The Morgan fingerprint density at radius 2 is 1.87 bits per heavy atom. The number of nitrogens with zero attached hydrogens (tertiary/aromatic N) is 1. The van der Waals surface area contributed by atoms with Crippen molar-refractivity contribution in [2.75, 3.05) is 13.1 Å². The quantitative estimate of drug-likeness (QED) is 0.759. The van der Waals surface area contributed by atoms with E-state index in [1.165, 1.54) is 64.5 Å². The first-order chi connectivity index (χ1) is 7.26. The number of piperidine rings is 1. The lowest BCUT2D eigenvalue weighted by Gasteiger charge is -2.48. The van der Waals surface area contributed by atoms with Crippen molar-refractivity contribution in [3.05, 3.63) is 0 Å². The standard InChI is InChI=1S/C13H26N2/c1-2-15-11-7-4-8-12(15)13(14)9-5-3-6-10-13/h12H,2-11,14H2,1H3. The molecule has 1 saturated carbocycles. The van der Waals surface area contributed by atoms with Crippen LogP contribution in [0, 0.1) is 0 Å². The number of likely N-dealkylation sites (tertiary alicyclic amines) is 1. The molecule has 2 N–H and O–H groups in total. The highest BCUT2D eigenvalue weighted by Gasteiger charge is 2.39. The average molecular weight is 210 g/mol. The van der Waals surface area contributed by atoms with E-state index in [-0.39, 0.29) is 5.54 Å². The van der Waals surface area contributed by atoms with Crippen LogP contribution in [0.2, 0.25) is 0 Å². The summed E-state index contributed by atoms with van der Waals surface area (Å²) in [5, 5.41) is 0. The van der Waals surface area contributed by atoms with E-state index < -0.39 is 0 Å². The highest BCUT2D eigenvalue weighted by atomic mass is 15.2. The smallest absolute Gasteiger partial charge is 0.0312 e. The number of rotatable bonds is 2. The molecule has 0 radical (unpaired) electrons. The molecule has 0 spiro atoms.